The van der Waals surface area contributed by atoms with Crippen molar-refractivity contribution in [2.75, 3.05) is 0 Å². The Morgan fingerprint density at radius 3 is 2.53 bits per heavy atom. The van der Waals surface area contributed by atoms with Crippen LogP contribution >= 0.6 is 0 Å². The van der Waals surface area contributed by atoms with E-state index in [0.717, 1.165) is 12.1 Å². The minimum atomic E-state index is -4.49. The van der Waals surface area contributed by atoms with Crippen LogP contribution in [-0.2, 0) is 11.0 Å². The summed E-state index contributed by atoms with van der Waals surface area (Å²) >= 11 is 0. The van der Waals surface area contributed by atoms with E-state index < -0.39 is 17.5 Å². The summed E-state index contributed by atoms with van der Waals surface area (Å²) < 4.78 is 36.7. The maximum absolute atomic E-state index is 12.2. The second kappa shape index (κ2) is 4.05. The van der Waals surface area contributed by atoms with Crippen molar-refractivity contribution in [3.63, 3.8) is 0 Å². The topological polar surface area (TPSA) is 37.3 Å². The number of phenols is 1. The standard InChI is InChI=1S/C10H5F3O2/c11-10(12,13)8-3-4-9(15)7(6-8)2-1-5-14/h3-6,15H. The Morgan fingerprint density at radius 2 is 2.00 bits per heavy atom. The molecule has 0 saturated carbocycles. The first-order chi connectivity index (χ1) is 6.95. The van der Waals surface area contributed by atoms with Crippen LogP contribution in [-0.4, -0.2) is 11.4 Å². The number of hydrogen-bond donors (Lipinski definition) is 1. The lowest BCUT2D eigenvalue weighted by Crippen LogP contribution is -2.04. The van der Waals surface area contributed by atoms with Gasteiger partial charge in [0.05, 0.1) is 11.1 Å². The zero-order valence-electron chi connectivity index (χ0n) is 7.30. The number of aldehydes is 1. The molecule has 1 N–H and O–H groups in total. The van der Waals surface area contributed by atoms with Crippen LogP contribution in [0.4, 0.5) is 13.2 Å². The van der Waals surface area contributed by atoms with Gasteiger partial charge >= 0.3 is 6.18 Å². The van der Waals surface area contributed by atoms with E-state index in [-0.39, 0.29) is 11.8 Å². The van der Waals surface area contributed by atoms with Crippen LogP contribution in [0.2, 0.25) is 0 Å². The molecule has 15 heavy (non-hydrogen) atoms. The van der Waals surface area contributed by atoms with Crippen molar-refractivity contribution in [2.24, 2.45) is 0 Å². The number of alkyl halides is 3. The molecule has 0 unspecified atom stereocenters. The summed E-state index contributed by atoms with van der Waals surface area (Å²) in [7, 11) is 0. The van der Waals surface area contributed by atoms with Crippen molar-refractivity contribution in [1.82, 2.24) is 0 Å². The van der Waals surface area contributed by atoms with Gasteiger partial charge in [0.2, 0.25) is 0 Å². The molecule has 0 saturated heterocycles. The highest BCUT2D eigenvalue weighted by atomic mass is 19.4. The van der Waals surface area contributed by atoms with Crippen molar-refractivity contribution in [1.29, 1.82) is 0 Å². The molecule has 0 atom stereocenters. The van der Waals surface area contributed by atoms with Crippen molar-refractivity contribution < 1.29 is 23.1 Å². The van der Waals surface area contributed by atoms with Crippen molar-refractivity contribution >= 4 is 6.29 Å². The molecule has 0 radical (unpaired) electrons. The van der Waals surface area contributed by atoms with E-state index in [1.54, 1.807) is 0 Å². The summed E-state index contributed by atoms with van der Waals surface area (Å²) in [6.45, 7) is 0. The molecule has 2 nitrogen and oxygen atoms in total. The molecule has 0 aliphatic rings. The minimum Gasteiger partial charge on any atom is -0.507 e. The number of benzene rings is 1. The van der Waals surface area contributed by atoms with E-state index in [0.29, 0.717) is 6.07 Å². The summed E-state index contributed by atoms with van der Waals surface area (Å²) in [5, 5.41) is 9.14. The SMILES string of the molecule is O=CC#Cc1cc(C(F)(F)F)ccc1O. The molecule has 0 fully saturated rings. The van der Waals surface area contributed by atoms with E-state index in [9.17, 15) is 18.0 Å². The van der Waals surface area contributed by atoms with Gasteiger partial charge in [0, 0.05) is 0 Å². The van der Waals surface area contributed by atoms with Gasteiger partial charge in [0.25, 0.3) is 0 Å². The molecule has 0 amide bonds. The van der Waals surface area contributed by atoms with E-state index in [1.165, 1.54) is 0 Å². The Kier molecular flexibility index (Phi) is 3.00. The van der Waals surface area contributed by atoms with Crippen LogP contribution in [0.15, 0.2) is 18.2 Å². The van der Waals surface area contributed by atoms with Gasteiger partial charge in [0.15, 0.2) is 6.29 Å². The second-order valence-electron chi connectivity index (χ2n) is 2.62. The highest BCUT2D eigenvalue weighted by Gasteiger charge is 2.30. The van der Waals surface area contributed by atoms with Crippen LogP contribution < -0.4 is 0 Å². The Labute approximate surface area is 83.3 Å². The fourth-order valence-electron chi connectivity index (χ4n) is 0.920. The molecule has 0 spiro atoms. The number of halogens is 3. The second-order valence-corrected chi connectivity index (χ2v) is 2.62. The van der Waals surface area contributed by atoms with Crippen molar-refractivity contribution in [3.05, 3.63) is 29.3 Å². The largest absolute Gasteiger partial charge is 0.507 e. The molecule has 0 aromatic heterocycles. The first-order valence-electron chi connectivity index (χ1n) is 3.80. The molecule has 0 bridgehead atoms. The lowest BCUT2D eigenvalue weighted by molar-refractivity contribution is -0.137. The fourth-order valence-corrected chi connectivity index (χ4v) is 0.920. The summed E-state index contributed by atoms with van der Waals surface area (Å²) in [4.78, 5) is 9.89. The Hall–Kier alpha value is -1.96. The Balaban J connectivity index is 3.22. The molecule has 0 aliphatic heterocycles. The molecule has 78 valence electrons. The molecule has 0 heterocycles. The Bertz CT molecular complexity index is 438. The van der Waals surface area contributed by atoms with Gasteiger partial charge in [-0.15, -0.1) is 0 Å². The number of phenolic OH excluding ortho intramolecular Hbond substituents is 1. The third kappa shape index (κ3) is 2.74. The maximum Gasteiger partial charge on any atom is 0.416 e. The number of carbonyl (C=O) groups is 1. The zero-order valence-corrected chi connectivity index (χ0v) is 7.30. The molecular formula is C10H5F3O2. The van der Waals surface area contributed by atoms with Gasteiger partial charge in [-0.05, 0) is 24.1 Å². The molecule has 0 aliphatic carbocycles. The van der Waals surface area contributed by atoms with Crippen molar-refractivity contribution in [3.8, 4) is 17.6 Å². The molecule has 5 heteroatoms. The van der Waals surface area contributed by atoms with E-state index >= 15 is 0 Å². The summed E-state index contributed by atoms with van der Waals surface area (Å²) in [5.41, 5.74) is -1.15. The van der Waals surface area contributed by atoms with Crippen LogP contribution in [0.25, 0.3) is 0 Å². The van der Waals surface area contributed by atoms with E-state index in [4.69, 9.17) is 5.11 Å². The van der Waals surface area contributed by atoms with Crippen molar-refractivity contribution in [2.45, 2.75) is 6.18 Å². The average Bonchev–Trinajstić information content (AvgIpc) is 2.15. The summed E-state index contributed by atoms with van der Waals surface area (Å²) in [6, 6.07) is 2.31. The number of rotatable bonds is 0. The monoisotopic (exact) mass is 214 g/mol. The predicted molar refractivity (Wildman–Crippen MR) is 46.1 cm³/mol. The fraction of sp³-hybridized carbons (Fsp3) is 0.100. The third-order valence-corrected chi connectivity index (χ3v) is 1.59. The maximum atomic E-state index is 12.2. The van der Waals surface area contributed by atoms with Gasteiger partial charge in [-0.2, -0.15) is 13.2 Å². The van der Waals surface area contributed by atoms with Crippen LogP contribution in [0.3, 0.4) is 0 Å². The highest BCUT2D eigenvalue weighted by molar-refractivity contribution is 5.74. The Morgan fingerprint density at radius 1 is 1.33 bits per heavy atom. The predicted octanol–water partition coefficient (Wildman–Crippen LogP) is 1.96. The molecule has 1 aromatic carbocycles. The lowest BCUT2D eigenvalue weighted by atomic mass is 10.1. The van der Waals surface area contributed by atoms with Crippen LogP contribution in [0, 0.1) is 11.8 Å². The van der Waals surface area contributed by atoms with Gasteiger partial charge in [0.1, 0.15) is 5.75 Å². The zero-order chi connectivity index (χ0) is 11.5. The normalized spacial score (nSPS) is 10.3. The summed E-state index contributed by atoms with van der Waals surface area (Å²) in [6.07, 6.45) is -4.26. The van der Waals surface area contributed by atoms with Gasteiger partial charge < -0.3 is 5.11 Å². The lowest BCUT2D eigenvalue weighted by Gasteiger charge is -2.07. The van der Waals surface area contributed by atoms with Gasteiger partial charge in [-0.25, -0.2) is 0 Å². The minimum absolute atomic E-state index is 0.225. The molecular weight excluding hydrogens is 209 g/mol. The number of aromatic hydroxyl groups is 1. The third-order valence-electron chi connectivity index (χ3n) is 1.59. The average molecular weight is 214 g/mol. The smallest absolute Gasteiger partial charge is 0.416 e. The number of carbonyl (C=O) groups excluding carboxylic acids is 1. The summed E-state index contributed by atoms with van der Waals surface area (Å²) in [5.74, 6) is 3.64. The molecule has 1 rings (SSSR count). The van der Waals surface area contributed by atoms with Gasteiger partial charge in [-0.1, -0.05) is 5.92 Å². The highest BCUT2D eigenvalue weighted by Crippen LogP contribution is 2.31. The van der Waals surface area contributed by atoms with Crippen LogP contribution in [0.5, 0.6) is 5.75 Å². The number of hydrogen-bond acceptors (Lipinski definition) is 2. The van der Waals surface area contributed by atoms with E-state index in [2.05, 4.69) is 5.92 Å². The van der Waals surface area contributed by atoms with Crippen LogP contribution in [0.1, 0.15) is 11.1 Å². The van der Waals surface area contributed by atoms with E-state index in [1.807, 2.05) is 5.92 Å². The quantitative estimate of drug-likeness (QED) is 0.529. The first-order valence-corrected chi connectivity index (χ1v) is 3.80. The first kappa shape index (κ1) is 11.1. The van der Waals surface area contributed by atoms with Gasteiger partial charge in [-0.3, -0.25) is 4.79 Å². The molecule has 1 aromatic rings.